The van der Waals surface area contributed by atoms with Crippen LogP contribution in [0.3, 0.4) is 0 Å². The van der Waals surface area contributed by atoms with E-state index < -0.39 is 70.9 Å². The molecule has 2 aromatic carbocycles. The molecule has 2 N–H and O–H groups in total. The molecule has 4 bridgehead atoms. The van der Waals surface area contributed by atoms with Crippen molar-refractivity contribution in [3.8, 4) is 16.9 Å². The molecule has 0 spiro atoms. The van der Waals surface area contributed by atoms with Gasteiger partial charge in [-0.25, -0.2) is 14.4 Å². The lowest BCUT2D eigenvalue weighted by molar-refractivity contribution is -0.144. The predicted octanol–water partition coefficient (Wildman–Crippen LogP) is 11.1. The van der Waals surface area contributed by atoms with Crippen LogP contribution in [0.25, 0.3) is 11.1 Å². The van der Waals surface area contributed by atoms with Crippen molar-refractivity contribution in [2.24, 2.45) is 11.8 Å². The third-order valence-corrected chi connectivity index (χ3v) is 12.1. The first-order valence-corrected chi connectivity index (χ1v) is 24.9. The lowest BCUT2D eigenvalue weighted by atomic mass is 9.87. The third kappa shape index (κ3) is 19.0. The summed E-state index contributed by atoms with van der Waals surface area (Å²) in [5.41, 5.74) is 1.07. The van der Waals surface area contributed by atoms with Crippen molar-refractivity contribution in [2.45, 2.75) is 195 Å². The summed E-state index contributed by atoms with van der Waals surface area (Å²) in [5.74, 6) is -4.67. The maximum absolute atomic E-state index is 14.9. The average Bonchev–Trinajstić information content (AvgIpc) is 3.24. The summed E-state index contributed by atoms with van der Waals surface area (Å²) in [6, 6.07) is 7.56. The average molecular weight is 948 g/mol. The molecule has 378 valence electrons. The fourth-order valence-corrected chi connectivity index (χ4v) is 8.41. The SMILES string of the molecule is CCCCCCCCCCN(CCC(=O)C[C@@H](CCCCC)C(=O)N(C)[C@@H]1C(=O)C[C@@H](C)C(=O)N[C@H](C(=O)O)Cc2ccc(C)c(c2)-c2cc1ccc2OC(=O)OC(C)(C)C)C(=O)OC(C)(C)C. The molecule has 14 nitrogen and oxygen atoms in total. The van der Waals surface area contributed by atoms with E-state index in [4.69, 9.17) is 14.2 Å². The quantitative estimate of drug-likeness (QED) is 0.0650. The number of hydrogen-bond donors (Lipinski definition) is 2. The van der Waals surface area contributed by atoms with Gasteiger partial charge in [-0.2, -0.15) is 0 Å². The number of likely N-dealkylation sites (N-methyl/N-ethyl adjacent to an activating group) is 1. The van der Waals surface area contributed by atoms with E-state index in [1.165, 1.54) is 50.6 Å². The van der Waals surface area contributed by atoms with Gasteiger partial charge in [-0.15, -0.1) is 0 Å². The van der Waals surface area contributed by atoms with Crippen molar-refractivity contribution in [2.75, 3.05) is 20.1 Å². The lowest BCUT2D eigenvalue weighted by Gasteiger charge is -2.32. The highest BCUT2D eigenvalue weighted by molar-refractivity contribution is 5.96. The van der Waals surface area contributed by atoms with Gasteiger partial charge < -0.3 is 34.4 Å². The standard InChI is InChI=1S/C54H81N3O11/c1-12-14-16-17-18-19-20-22-29-57(51(64)67-53(5,6)7)30-28-41(58)34-40(23-21-15-13-2)49(61)56(11)47-39-26-27-46(66-52(65)68-54(8,9)10)43(35-39)42-32-38(25-24-36(42)3)33-44(50(62)63)55-48(60)37(4)31-45(47)59/h24-27,32,35,37,40,44,47H,12-23,28-31,33-34H2,1-11H3,(H,55,60)(H,62,63)/t37-,40-,44+,47+/m1/s1. The van der Waals surface area contributed by atoms with Crippen LogP contribution in [0.5, 0.6) is 5.75 Å². The van der Waals surface area contributed by atoms with Gasteiger partial charge in [0.15, 0.2) is 5.78 Å². The van der Waals surface area contributed by atoms with Crippen LogP contribution < -0.4 is 10.1 Å². The number of aliphatic carboxylic acids is 1. The number of aryl methyl sites for hydroxylation is 1. The van der Waals surface area contributed by atoms with E-state index in [2.05, 4.69) is 12.2 Å². The summed E-state index contributed by atoms with van der Waals surface area (Å²) < 4.78 is 17.0. The number of nitrogens with one attached hydrogen (secondary N) is 1. The van der Waals surface area contributed by atoms with Crippen molar-refractivity contribution >= 4 is 41.6 Å². The molecule has 14 heteroatoms. The first-order valence-electron chi connectivity index (χ1n) is 24.9. The second-order valence-corrected chi connectivity index (χ2v) is 20.6. The zero-order chi connectivity index (χ0) is 50.8. The van der Waals surface area contributed by atoms with Crippen LogP contribution >= 0.6 is 0 Å². The van der Waals surface area contributed by atoms with E-state index >= 15 is 0 Å². The number of ketones is 2. The van der Waals surface area contributed by atoms with Gasteiger partial charge in [0, 0.05) is 63.2 Å². The van der Waals surface area contributed by atoms with Crippen LogP contribution in [0.15, 0.2) is 36.4 Å². The fraction of sp³-hybridized carbons (Fsp3) is 0.648. The predicted molar refractivity (Wildman–Crippen MR) is 263 cm³/mol. The molecule has 0 saturated heterocycles. The molecule has 0 saturated carbocycles. The van der Waals surface area contributed by atoms with Gasteiger partial charge in [0.05, 0.1) is 0 Å². The highest BCUT2D eigenvalue weighted by Gasteiger charge is 2.36. The largest absolute Gasteiger partial charge is 0.514 e. The molecular formula is C54H81N3O11. The maximum Gasteiger partial charge on any atom is 0.514 e. The molecule has 4 atom stereocenters. The van der Waals surface area contributed by atoms with Gasteiger partial charge in [-0.3, -0.25) is 19.2 Å². The molecule has 3 rings (SSSR count). The topological polar surface area (TPSA) is 186 Å². The molecule has 0 aliphatic carbocycles. The van der Waals surface area contributed by atoms with Gasteiger partial charge in [0.2, 0.25) is 11.8 Å². The summed E-state index contributed by atoms with van der Waals surface area (Å²) in [6.07, 6.45) is 9.58. The molecule has 68 heavy (non-hydrogen) atoms. The van der Waals surface area contributed by atoms with Crippen LogP contribution in [0, 0.1) is 18.8 Å². The number of carboxylic acids is 1. The van der Waals surface area contributed by atoms with Crippen molar-refractivity contribution < 1.29 is 52.9 Å². The molecular weight excluding hydrogens is 867 g/mol. The Bertz CT molecular complexity index is 2030. The molecule has 0 fully saturated rings. The summed E-state index contributed by atoms with van der Waals surface area (Å²) in [4.78, 5) is 98.9. The molecule has 0 aromatic heterocycles. The summed E-state index contributed by atoms with van der Waals surface area (Å²) in [5, 5.41) is 12.8. The zero-order valence-electron chi connectivity index (χ0n) is 42.9. The number of hydrogen-bond acceptors (Lipinski definition) is 10. The molecule has 2 aromatic rings. The van der Waals surface area contributed by atoms with Gasteiger partial charge in [0.25, 0.3) is 0 Å². The van der Waals surface area contributed by atoms with Gasteiger partial charge in [-0.05, 0) is 95.7 Å². The van der Waals surface area contributed by atoms with E-state index in [0.717, 1.165) is 44.1 Å². The number of nitrogens with zero attached hydrogens (tertiary/aromatic N) is 2. The number of ether oxygens (including phenoxy) is 3. The van der Waals surface area contributed by atoms with Crippen LogP contribution in [0.2, 0.25) is 0 Å². The minimum Gasteiger partial charge on any atom is -0.480 e. The van der Waals surface area contributed by atoms with Crippen molar-refractivity contribution in [3.05, 3.63) is 53.1 Å². The maximum atomic E-state index is 14.9. The number of rotatable bonds is 22. The number of amides is 3. The zero-order valence-corrected chi connectivity index (χ0v) is 42.9. The number of benzene rings is 2. The smallest absolute Gasteiger partial charge is 0.480 e. The first kappa shape index (κ1) is 57.1. The number of carbonyl (C=O) groups excluding carboxylic acids is 6. The normalized spacial score (nSPS) is 17.0. The Labute approximate surface area is 405 Å². The molecule has 1 heterocycles. The molecule has 3 amide bonds. The summed E-state index contributed by atoms with van der Waals surface area (Å²) >= 11 is 0. The number of fused-ring (bicyclic) bond motifs is 5. The van der Waals surface area contributed by atoms with Crippen molar-refractivity contribution in [3.63, 3.8) is 0 Å². The van der Waals surface area contributed by atoms with Gasteiger partial charge >= 0.3 is 18.2 Å². The van der Waals surface area contributed by atoms with Crippen LogP contribution in [0.1, 0.15) is 181 Å². The second kappa shape index (κ2) is 27.1. The second-order valence-electron chi connectivity index (χ2n) is 20.6. The van der Waals surface area contributed by atoms with Crippen molar-refractivity contribution in [1.82, 2.24) is 15.1 Å². The van der Waals surface area contributed by atoms with E-state index in [1.54, 1.807) is 76.8 Å². The number of carboxylic acid groups (broad SMARTS) is 1. The molecule has 1 aliphatic rings. The van der Waals surface area contributed by atoms with Gasteiger partial charge in [-0.1, -0.05) is 109 Å². The third-order valence-electron chi connectivity index (χ3n) is 12.1. The highest BCUT2D eigenvalue weighted by atomic mass is 16.7. The van der Waals surface area contributed by atoms with Crippen molar-refractivity contribution in [1.29, 1.82) is 0 Å². The van der Waals surface area contributed by atoms with Crippen LogP contribution in [0.4, 0.5) is 9.59 Å². The summed E-state index contributed by atoms with van der Waals surface area (Å²) in [7, 11) is 1.52. The number of carbonyl (C=O) groups is 7. The monoisotopic (exact) mass is 948 g/mol. The van der Waals surface area contributed by atoms with E-state index in [-0.39, 0.29) is 43.8 Å². The minimum atomic E-state index is -1.31. The highest BCUT2D eigenvalue weighted by Crippen LogP contribution is 2.38. The van der Waals surface area contributed by atoms with Crippen LogP contribution in [-0.4, -0.2) is 93.9 Å². The molecule has 0 unspecified atom stereocenters. The Morgan fingerprint density at radius 3 is 2.01 bits per heavy atom. The molecule has 0 radical (unpaired) electrons. The Balaban J connectivity index is 2.05. The minimum absolute atomic E-state index is 0.0186. The first-order chi connectivity index (χ1) is 31.9. The van der Waals surface area contributed by atoms with Gasteiger partial charge in [0.1, 0.15) is 34.8 Å². The number of Topliss-reactive ketones (excluding diaryl/α,β-unsaturated/α-hetero) is 2. The Morgan fingerprint density at radius 2 is 1.40 bits per heavy atom. The molecule has 1 aliphatic heterocycles. The summed E-state index contributed by atoms with van der Waals surface area (Å²) in [6.45, 7) is 18.7. The Hall–Kier alpha value is -5.27. The number of unbranched alkanes of at least 4 members (excludes halogenated alkanes) is 9. The lowest BCUT2D eigenvalue weighted by Crippen LogP contribution is -2.45. The fourth-order valence-electron chi connectivity index (χ4n) is 8.41. The van der Waals surface area contributed by atoms with E-state index in [0.29, 0.717) is 41.6 Å². The Kier molecular flexibility index (Phi) is 22.7. The van der Waals surface area contributed by atoms with E-state index in [1.807, 2.05) is 13.8 Å². The van der Waals surface area contributed by atoms with Crippen LogP contribution in [-0.2, 0) is 39.9 Å². The van der Waals surface area contributed by atoms with E-state index in [9.17, 15) is 38.7 Å². The Morgan fingerprint density at radius 1 is 0.779 bits per heavy atom.